The zero-order valence-corrected chi connectivity index (χ0v) is 9.77. The van der Waals surface area contributed by atoms with E-state index in [4.69, 9.17) is 0 Å². The number of aliphatic hydroxyl groups excluding tert-OH is 1. The summed E-state index contributed by atoms with van der Waals surface area (Å²) in [6.07, 6.45) is 1.05. The number of thiophene rings is 1. The van der Waals surface area contributed by atoms with Crippen molar-refractivity contribution in [2.24, 2.45) is 0 Å². The monoisotopic (exact) mass is 275 g/mol. The van der Waals surface area contributed by atoms with E-state index in [-0.39, 0.29) is 5.91 Å². The SMILES string of the molecule is O=C(NC1CC1)C(O)c1cc(Br)cs1. The van der Waals surface area contributed by atoms with Gasteiger partial charge in [0.05, 0.1) is 0 Å². The topological polar surface area (TPSA) is 49.3 Å². The summed E-state index contributed by atoms with van der Waals surface area (Å²) in [7, 11) is 0. The van der Waals surface area contributed by atoms with Crippen molar-refractivity contribution < 1.29 is 9.90 Å². The molecule has 0 aliphatic heterocycles. The van der Waals surface area contributed by atoms with E-state index in [2.05, 4.69) is 21.2 Å². The molecular weight excluding hydrogens is 266 g/mol. The first-order valence-corrected chi connectivity index (χ1v) is 6.06. The van der Waals surface area contributed by atoms with Crippen LogP contribution in [0.15, 0.2) is 15.9 Å². The normalized spacial score (nSPS) is 17.9. The van der Waals surface area contributed by atoms with E-state index in [1.165, 1.54) is 11.3 Å². The Hall–Kier alpha value is -0.390. The summed E-state index contributed by atoms with van der Waals surface area (Å²) < 4.78 is 0.899. The Morgan fingerprint density at radius 1 is 1.71 bits per heavy atom. The summed E-state index contributed by atoms with van der Waals surface area (Å²) in [5.41, 5.74) is 0. The smallest absolute Gasteiger partial charge is 0.254 e. The van der Waals surface area contributed by atoms with Crippen LogP contribution in [0.4, 0.5) is 0 Å². The maximum Gasteiger partial charge on any atom is 0.254 e. The first-order valence-electron chi connectivity index (χ1n) is 4.39. The molecule has 1 aromatic rings. The minimum absolute atomic E-state index is 0.290. The zero-order chi connectivity index (χ0) is 10.1. The molecule has 5 heteroatoms. The molecule has 0 spiro atoms. The lowest BCUT2D eigenvalue weighted by Gasteiger charge is -2.08. The number of carbonyl (C=O) groups is 1. The minimum atomic E-state index is -1.02. The predicted molar refractivity (Wildman–Crippen MR) is 58.1 cm³/mol. The van der Waals surface area contributed by atoms with Crippen LogP contribution >= 0.6 is 27.3 Å². The first-order chi connectivity index (χ1) is 6.66. The Morgan fingerprint density at radius 2 is 2.43 bits per heavy atom. The average Bonchev–Trinajstić information content (AvgIpc) is 2.85. The van der Waals surface area contributed by atoms with E-state index in [1.54, 1.807) is 6.07 Å². The molecule has 0 aromatic carbocycles. The molecule has 2 N–H and O–H groups in total. The van der Waals surface area contributed by atoms with Crippen molar-refractivity contribution in [2.75, 3.05) is 0 Å². The van der Waals surface area contributed by atoms with E-state index in [0.717, 1.165) is 17.3 Å². The number of amides is 1. The molecule has 1 aromatic heterocycles. The summed E-state index contributed by atoms with van der Waals surface area (Å²) in [4.78, 5) is 12.1. The van der Waals surface area contributed by atoms with Gasteiger partial charge in [-0.05, 0) is 34.8 Å². The van der Waals surface area contributed by atoms with Crippen molar-refractivity contribution in [1.82, 2.24) is 5.32 Å². The fourth-order valence-corrected chi connectivity index (χ4v) is 2.53. The van der Waals surface area contributed by atoms with Crippen molar-refractivity contribution in [2.45, 2.75) is 25.0 Å². The maximum absolute atomic E-state index is 11.4. The van der Waals surface area contributed by atoms with Crippen LogP contribution in [0.3, 0.4) is 0 Å². The van der Waals surface area contributed by atoms with Crippen LogP contribution in [-0.4, -0.2) is 17.1 Å². The van der Waals surface area contributed by atoms with Gasteiger partial charge in [0.2, 0.25) is 0 Å². The van der Waals surface area contributed by atoms with Crippen molar-refractivity contribution in [1.29, 1.82) is 0 Å². The first kappa shape index (κ1) is 10.1. The second-order valence-electron chi connectivity index (χ2n) is 3.35. The molecule has 1 unspecified atom stereocenters. The molecule has 0 bridgehead atoms. The van der Waals surface area contributed by atoms with Gasteiger partial charge in [-0.1, -0.05) is 0 Å². The number of hydrogen-bond acceptors (Lipinski definition) is 3. The van der Waals surface area contributed by atoms with Crippen molar-refractivity contribution in [3.8, 4) is 0 Å². The highest BCUT2D eigenvalue weighted by Gasteiger charge is 2.27. The van der Waals surface area contributed by atoms with E-state index in [1.807, 2.05) is 5.38 Å². The number of carbonyl (C=O) groups excluding carboxylic acids is 1. The summed E-state index contributed by atoms with van der Waals surface area (Å²) in [5.74, 6) is -0.290. The van der Waals surface area contributed by atoms with Gasteiger partial charge in [-0.15, -0.1) is 11.3 Å². The molecule has 1 saturated carbocycles. The second-order valence-corrected chi connectivity index (χ2v) is 5.21. The van der Waals surface area contributed by atoms with Crippen molar-refractivity contribution in [3.05, 3.63) is 20.8 Å². The highest BCUT2D eigenvalue weighted by atomic mass is 79.9. The van der Waals surface area contributed by atoms with E-state index < -0.39 is 6.10 Å². The Balaban J connectivity index is 1.99. The zero-order valence-electron chi connectivity index (χ0n) is 7.37. The largest absolute Gasteiger partial charge is 0.378 e. The Morgan fingerprint density at radius 3 is 2.93 bits per heavy atom. The molecule has 1 heterocycles. The van der Waals surface area contributed by atoms with Gasteiger partial charge in [0.1, 0.15) is 0 Å². The molecule has 3 nitrogen and oxygen atoms in total. The molecular formula is C9H10BrNO2S. The fourth-order valence-electron chi connectivity index (χ4n) is 1.11. The number of aliphatic hydroxyl groups is 1. The number of halogens is 1. The number of hydrogen-bond donors (Lipinski definition) is 2. The fraction of sp³-hybridized carbons (Fsp3) is 0.444. The van der Waals surface area contributed by atoms with Gasteiger partial charge in [-0.25, -0.2) is 0 Å². The Labute approximate surface area is 94.3 Å². The van der Waals surface area contributed by atoms with Gasteiger partial charge < -0.3 is 10.4 Å². The minimum Gasteiger partial charge on any atom is -0.378 e. The maximum atomic E-state index is 11.4. The van der Waals surface area contributed by atoms with Crippen LogP contribution in [-0.2, 0) is 4.79 Å². The summed E-state index contributed by atoms with van der Waals surface area (Å²) >= 11 is 4.66. The predicted octanol–water partition coefficient (Wildman–Crippen LogP) is 1.82. The molecule has 1 fully saturated rings. The highest BCUT2D eigenvalue weighted by Crippen LogP contribution is 2.27. The second kappa shape index (κ2) is 4.00. The highest BCUT2D eigenvalue weighted by molar-refractivity contribution is 9.10. The van der Waals surface area contributed by atoms with Crippen LogP contribution in [0.5, 0.6) is 0 Å². The van der Waals surface area contributed by atoms with E-state index >= 15 is 0 Å². The third-order valence-corrected chi connectivity index (χ3v) is 3.78. The lowest BCUT2D eigenvalue weighted by molar-refractivity contribution is -0.129. The van der Waals surface area contributed by atoms with Crippen LogP contribution in [0.2, 0.25) is 0 Å². The standard InChI is InChI=1S/C9H10BrNO2S/c10-5-3-7(14-4-5)8(12)9(13)11-6-1-2-6/h3-4,6,8,12H,1-2H2,(H,11,13). The molecule has 0 radical (unpaired) electrons. The van der Waals surface area contributed by atoms with Crippen LogP contribution in [0.1, 0.15) is 23.8 Å². The van der Waals surface area contributed by atoms with E-state index in [0.29, 0.717) is 10.9 Å². The molecule has 14 heavy (non-hydrogen) atoms. The summed E-state index contributed by atoms with van der Waals surface area (Å²) in [5, 5.41) is 14.3. The van der Waals surface area contributed by atoms with Gasteiger partial charge in [0.15, 0.2) is 6.10 Å². The lowest BCUT2D eigenvalue weighted by atomic mass is 10.3. The lowest BCUT2D eigenvalue weighted by Crippen LogP contribution is -2.30. The average molecular weight is 276 g/mol. The molecule has 1 aliphatic rings. The number of nitrogens with one attached hydrogen (secondary N) is 1. The van der Waals surface area contributed by atoms with Crippen molar-refractivity contribution >= 4 is 33.2 Å². The summed E-state index contributed by atoms with van der Waals surface area (Å²) in [6.45, 7) is 0. The van der Waals surface area contributed by atoms with Gasteiger partial charge in [-0.3, -0.25) is 4.79 Å². The van der Waals surface area contributed by atoms with Crippen LogP contribution in [0.25, 0.3) is 0 Å². The van der Waals surface area contributed by atoms with Crippen LogP contribution < -0.4 is 5.32 Å². The Bertz CT molecular complexity index is 348. The third kappa shape index (κ3) is 2.34. The molecule has 1 aliphatic carbocycles. The quantitative estimate of drug-likeness (QED) is 0.884. The van der Waals surface area contributed by atoms with Gasteiger partial charge >= 0.3 is 0 Å². The van der Waals surface area contributed by atoms with Gasteiger partial charge in [-0.2, -0.15) is 0 Å². The molecule has 1 atom stereocenters. The molecule has 1 amide bonds. The Kier molecular flexibility index (Phi) is 2.90. The number of rotatable bonds is 3. The van der Waals surface area contributed by atoms with Crippen LogP contribution in [0, 0.1) is 0 Å². The van der Waals surface area contributed by atoms with E-state index in [9.17, 15) is 9.90 Å². The molecule has 2 rings (SSSR count). The van der Waals surface area contributed by atoms with Gasteiger partial charge in [0.25, 0.3) is 5.91 Å². The summed E-state index contributed by atoms with van der Waals surface area (Å²) in [6, 6.07) is 2.06. The third-order valence-electron chi connectivity index (χ3n) is 2.03. The molecule has 0 saturated heterocycles. The van der Waals surface area contributed by atoms with Gasteiger partial charge in [0, 0.05) is 20.8 Å². The molecule has 76 valence electrons. The van der Waals surface area contributed by atoms with Crippen molar-refractivity contribution in [3.63, 3.8) is 0 Å².